The first-order chi connectivity index (χ1) is 5.61. The Hall–Kier alpha value is -0.420. The van der Waals surface area contributed by atoms with Crippen LogP contribution in [0.4, 0.5) is 0 Å². The second-order valence-electron chi connectivity index (χ2n) is 1.89. The van der Waals surface area contributed by atoms with E-state index in [1.54, 1.807) is 6.92 Å². The first-order valence-corrected chi connectivity index (χ1v) is 4.59. The van der Waals surface area contributed by atoms with Crippen molar-refractivity contribution in [3.05, 3.63) is 0 Å². The van der Waals surface area contributed by atoms with Gasteiger partial charge in [0.1, 0.15) is 6.04 Å². The Morgan fingerprint density at radius 2 is 2.33 bits per heavy atom. The summed E-state index contributed by atoms with van der Waals surface area (Å²) >= 11 is 0. The molecule has 0 saturated carbocycles. The minimum Gasteiger partial charge on any atom is -0.394 e. The van der Waals surface area contributed by atoms with Crippen molar-refractivity contribution in [2.75, 3.05) is 13.2 Å². The first kappa shape index (κ1) is 11.6. The molecule has 2 atom stereocenters. The number of rotatable bonds is 5. The van der Waals surface area contributed by atoms with Crippen LogP contribution in [0.5, 0.6) is 0 Å². The maximum absolute atomic E-state index is 10.7. The van der Waals surface area contributed by atoms with E-state index in [0.29, 0.717) is 0 Å². The summed E-state index contributed by atoms with van der Waals surface area (Å²) in [4.78, 5) is 10.7. The van der Waals surface area contributed by atoms with E-state index in [1.165, 1.54) is 0 Å². The van der Waals surface area contributed by atoms with Gasteiger partial charge < -0.3 is 19.9 Å². The number of hydrogen-bond acceptors (Lipinski definition) is 6. The number of carbonyl (C=O) groups is 1. The lowest BCUT2D eigenvalue weighted by Crippen LogP contribution is -2.34. The highest BCUT2D eigenvalue weighted by molar-refractivity contribution is 7.34. The van der Waals surface area contributed by atoms with Gasteiger partial charge in [0, 0.05) is 0 Å². The lowest BCUT2D eigenvalue weighted by atomic mass is 10.3. The highest BCUT2D eigenvalue weighted by Crippen LogP contribution is 2.23. The molecule has 7 heteroatoms. The molecule has 0 rings (SSSR count). The molecule has 3 N–H and O–H groups in total. The number of hydrogen-bond donors (Lipinski definition) is 2. The van der Waals surface area contributed by atoms with Crippen LogP contribution in [0.3, 0.4) is 0 Å². The molecule has 0 aliphatic rings. The van der Waals surface area contributed by atoms with E-state index in [1.807, 2.05) is 0 Å². The third-order valence-electron chi connectivity index (χ3n) is 0.946. The third-order valence-corrected chi connectivity index (χ3v) is 1.84. The topological polar surface area (TPSA) is 98.9 Å². The normalized spacial score (nSPS) is 15.2. The van der Waals surface area contributed by atoms with Gasteiger partial charge in [0.2, 0.25) is 0 Å². The van der Waals surface area contributed by atoms with Gasteiger partial charge in [-0.3, -0.25) is 0 Å². The van der Waals surface area contributed by atoms with Crippen LogP contribution in [0.1, 0.15) is 6.92 Å². The predicted molar refractivity (Wildman–Crippen MR) is 41.8 cm³/mol. The highest BCUT2D eigenvalue weighted by Gasteiger charge is 2.16. The third kappa shape index (κ3) is 4.46. The van der Waals surface area contributed by atoms with Gasteiger partial charge in [-0.2, -0.15) is 0 Å². The van der Waals surface area contributed by atoms with Crippen molar-refractivity contribution in [1.82, 2.24) is 0 Å². The Kier molecular flexibility index (Phi) is 5.92. The van der Waals surface area contributed by atoms with E-state index in [0.717, 1.165) is 0 Å². The van der Waals surface area contributed by atoms with E-state index in [4.69, 9.17) is 10.8 Å². The average molecular weight is 197 g/mol. The SMILES string of the molecule is CCO[PH](=O)OC(=O)[C@@H](N)CO. The van der Waals surface area contributed by atoms with Crippen molar-refractivity contribution in [3.63, 3.8) is 0 Å². The summed E-state index contributed by atoms with van der Waals surface area (Å²) in [6.45, 7) is 1.27. The van der Waals surface area contributed by atoms with Gasteiger partial charge in [0.05, 0.1) is 13.2 Å². The maximum Gasteiger partial charge on any atom is 0.370 e. The van der Waals surface area contributed by atoms with Crippen molar-refractivity contribution >= 4 is 14.2 Å². The minimum absolute atomic E-state index is 0.194. The summed E-state index contributed by atoms with van der Waals surface area (Å²) in [6, 6.07) is -1.15. The molecule has 0 saturated heterocycles. The van der Waals surface area contributed by atoms with E-state index in [-0.39, 0.29) is 6.61 Å². The standard InChI is InChI=1S/C5H12NO5P/c1-2-10-12(9)11-5(8)4(6)3-7/h4,7,12H,2-3,6H2,1H3/t4-/m0/s1. The number of aliphatic hydroxyl groups excluding tert-OH is 1. The van der Waals surface area contributed by atoms with Crippen LogP contribution >= 0.6 is 8.25 Å². The molecule has 0 radical (unpaired) electrons. The molecule has 0 heterocycles. The summed E-state index contributed by atoms with van der Waals surface area (Å²) in [5, 5.41) is 8.39. The van der Waals surface area contributed by atoms with Crippen molar-refractivity contribution in [1.29, 1.82) is 0 Å². The number of carbonyl (C=O) groups excluding carboxylic acids is 1. The van der Waals surface area contributed by atoms with Crippen LogP contribution < -0.4 is 5.73 Å². The van der Waals surface area contributed by atoms with Crippen molar-refractivity contribution in [2.24, 2.45) is 5.73 Å². The molecule has 0 spiro atoms. The van der Waals surface area contributed by atoms with Crippen LogP contribution in [0, 0.1) is 0 Å². The van der Waals surface area contributed by atoms with Crippen molar-refractivity contribution in [3.8, 4) is 0 Å². The van der Waals surface area contributed by atoms with Crippen LogP contribution in [0.2, 0.25) is 0 Å². The molecule has 12 heavy (non-hydrogen) atoms. The number of aliphatic hydroxyl groups is 1. The van der Waals surface area contributed by atoms with Crippen molar-refractivity contribution in [2.45, 2.75) is 13.0 Å². The fraction of sp³-hybridized carbons (Fsp3) is 0.800. The molecule has 0 amide bonds. The van der Waals surface area contributed by atoms with Gasteiger partial charge in [0.15, 0.2) is 0 Å². The zero-order chi connectivity index (χ0) is 9.56. The molecule has 6 nitrogen and oxygen atoms in total. The largest absolute Gasteiger partial charge is 0.394 e. The molecule has 0 aromatic rings. The van der Waals surface area contributed by atoms with Crippen molar-refractivity contribution < 1.29 is 23.5 Å². The van der Waals surface area contributed by atoms with Gasteiger partial charge in [-0.25, -0.2) is 9.36 Å². The zero-order valence-electron chi connectivity index (χ0n) is 6.65. The van der Waals surface area contributed by atoms with Gasteiger partial charge in [0.25, 0.3) is 0 Å². The smallest absolute Gasteiger partial charge is 0.370 e. The molecule has 72 valence electrons. The van der Waals surface area contributed by atoms with Gasteiger partial charge >= 0.3 is 14.2 Å². The predicted octanol–water partition coefficient (Wildman–Crippen LogP) is -0.725. The molecule has 0 bridgehead atoms. The second-order valence-corrected chi connectivity index (χ2v) is 2.89. The molecular weight excluding hydrogens is 185 g/mol. The fourth-order valence-electron chi connectivity index (χ4n) is 0.380. The zero-order valence-corrected chi connectivity index (χ0v) is 7.65. The summed E-state index contributed by atoms with van der Waals surface area (Å²) in [7, 11) is -2.78. The van der Waals surface area contributed by atoms with E-state index in [9.17, 15) is 9.36 Å². The quantitative estimate of drug-likeness (QED) is 0.564. The van der Waals surface area contributed by atoms with Crippen LogP contribution in [-0.4, -0.2) is 30.3 Å². The summed E-state index contributed by atoms with van der Waals surface area (Å²) in [5.41, 5.74) is 5.06. The molecular formula is C5H12NO5P. The summed E-state index contributed by atoms with van der Waals surface area (Å²) in [6.07, 6.45) is 0. The Labute approximate surface area is 70.6 Å². The highest BCUT2D eigenvalue weighted by atomic mass is 31.1. The molecule has 0 aliphatic carbocycles. The average Bonchev–Trinajstić information content (AvgIpc) is 2.03. The van der Waals surface area contributed by atoms with Gasteiger partial charge in [-0.1, -0.05) is 0 Å². The second kappa shape index (κ2) is 6.14. The molecule has 0 fully saturated rings. The summed E-state index contributed by atoms with van der Waals surface area (Å²) in [5.74, 6) is -0.921. The van der Waals surface area contributed by atoms with Crippen LogP contribution in [0.15, 0.2) is 0 Å². The number of nitrogens with two attached hydrogens (primary N) is 1. The summed E-state index contributed by atoms with van der Waals surface area (Å²) < 4.78 is 19.4. The van der Waals surface area contributed by atoms with E-state index >= 15 is 0 Å². The van der Waals surface area contributed by atoms with Gasteiger partial charge in [-0.15, -0.1) is 0 Å². The molecule has 1 unspecified atom stereocenters. The Morgan fingerprint density at radius 3 is 2.75 bits per heavy atom. The minimum atomic E-state index is -2.78. The van der Waals surface area contributed by atoms with Gasteiger partial charge in [-0.05, 0) is 6.92 Å². The lowest BCUT2D eigenvalue weighted by Gasteiger charge is -2.07. The maximum atomic E-state index is 10.7. The molecule has 0 aromatic heterocycles. The molecule has 0 aliphatic heterocycles. The Balaban J connectivity index is 3.76. The van der Waals surface area contributed by atoms with E-state index < -0.39 is 26.9 Å². The fourth-order valence-corrected chi connectivity index (χ4v) is 0.990. The lowest BCUT2D eigenvalue weighted by molar-refractivity contribution is -0.136. The monoisotopic (exact) mass is 197 g/mol. The molecule has 0 aromatic carbocycles. The Morgan fingerprint density at radius 1 is 1.75 bits per heavy atom. The van der Waals surface area contributed by atoms with E-state index in [2.05, 4.69) is 9.05 Å². The first-order valence-electron chi connectivity index (χ1n) is 3.36. The Bertz CT molecular complexity index is 173. The van der Waals surface area contributed by atoms with Crippen LogP contribution in [-0.2, 0) is 18.4 Å². The van der Waals surface area contributed by atoms with Crippen LogP contribution in [0.25, 0.3) is 0 Å².